The highest BCUT2D eigenvalue weighted by molar-refractivity contribution is 7.13. The maximum atomic E-state index is 12.0. The van der Waals surface area contributed by atoms with Gasteiger partial charge in [-0.3, -0.25) is 9.48 Å². The summed E-state index contributed by atoms with van der Waals surface area (Å²) < 4.78 is 6.81. The van der Waals surface area contributed by atoms with Gasteiger partial charge in [0.1, 0.15) is 17.0 Å². The number of amides is 1. The van der Waals surface area contributed by atoms with Gasteiger partial charge in [0.15, 0.2) is 0 Å². The van der Waals surface area contributed by atoms with E-state index in [9.17, 15) is 4.79 Å². The first-order valence-corrected chi connectivity index (χ1v) is 7.35. The van der Waals surface area contributed by atoms with Crippen LogP contribution in [0.4, 0.5) is 0 Å². The van der Waals surface area contributed by atoms with Gasteiger partial charge in [0.05, 0.1) is 6.26 Å². The Balaban J connectivity index is 1.57. The number of rotatable bonds is 5. The van der Waals surface area contributed by atoms with E-state index in [0.29, 0.717) is 12.2 Å². The summed E-state index contributed by atoms with van der Waals surface area (Å²) in [6, 6.07) is 3.76. The van der Waals surface area contributed by atoms with Gasteiger partial charge in [0.2, 0.25) is 0 Å². The Morgan fingerprint density at radius 3 is 3.10 bits per heavy atom. The van der Waals surface area contributed by atoms with E-state index in [1.807, 2.05) is 19.2 Å². The molecule has 3 aromatic rings. The highest BCUT2D eigenvalue weighted by atomic mass is 32.1. The molecule has 0 aliphatic heterocycles. The second-order valence-electron chi connectivity index (χ2n) is 4.50. The molecule has 3 aromatic heterocycles. The molecule has 0 atom stereocenters. The Kier molecular flexibility index (Phi) is 3.83. The minimum absolute atomic E-state index is 0.164. The molecule has 108 valence electrons. The van der Waals surface area contributed by atoms with Crippen LogP contribution in [0.1, 0.15) is 16.2 Å². The Bertz CT molecular complexity index is 730. The number of hydrogen-bond acceptors (Lipinski definition) is 5. The van der Waals surface area contributed by atoms with Gasteiger partial charge in [-0.1, -0.05) is 0 Å². The third-order valence-electron chi connectivity index (χ3n) is 3.09. The van der Waals surface area contributed by atoms with Gasteiger partial charge in [0, 0.05) is 42.8 Å². The molecule has 0 bridgehead atoms. The lowest BCUT2D eigenvalue weighted by atomic mass is 10.3. The Morgan fingerprint density at radius 1 is 1.48 bits per heavy atom. The van der Waals surface area contributed by atoms with E-state index in [4.69, 9.17) is 4.42 Å². The molecule has 6 nitrogen and oxygen atoms in total. The van der Waals surface area contributed by atoms with Crippen molar-refractivity contribution in [1.82, 2.24) is 20.1 Å². The number of aryl methyl sites for hydroxylation is 1. The molecule has 0 fully saturated rings. The molecule has 7 heteroatoms. The number of thiazole rings is 1. The van der Waals surface area contributed by atoms with E-state index in [-0.39, 0.29) is 5.91 Å². The summed E-state index contributed by atoms with van der Waals surface area (Å²) in [5.41, 5.74) is 2.39. The molecule has 1 amide bonds. The number of hydrogen-bond donors (Lipinski definition) is 1. The summed E-state index contributed by atoms with van der Waals surface area (Å²) in [5.74, 6) is -0.164. The van der Waals surface area contributed by atoms with Crippen LogP contribution < -0.4 is 5.32 Å². The molecular weight excluding hydrogens is 288 g/mol. The van der Waals surface area contributed by atoms with E-state index in [2.05, 4.69) is 15.4 Å². The van der Waals surface area contributed by atoms with Crippen molar-refractivity contribution in [2.24, 2.45) is 7.05 Å². The summed E-state index contributed by atoms with van der Waals surface area (Å²) in [6.07, 6.45) is 5.68. The Morgan fingerprint density at radius 2 is 2.38 bits per heavy atom. The van der Waals surface area contributed by atoms with Gasteiger partial charge in [-0.25, -0.2) is 4.98 Å². The topological polar surface area (TPSA) is 73.0 Å². The quantitative estimate of drug-likeness (QED) is 0.783. The highest BCUT2D eigenvalue weighted by Crippen LogP contribution is 2.23. The maximum Gasteiger partial charge on any atom is 0.270 e. The molecule has 0 saturated heterocycles. The average molecular weight is 302 g/mol. The summed E-state index contributed by atoms with van der Waals surface area (Å²) in [5, 5.41) is 9.48. The van der Waals surface area contributed by atoms with E-state index in [1.54, 1.807) is 28.8 Å². The fourth-order valence-electron chi connectivity index (χ4n) is 1.94. The van der Waals surface area contributed by atoms with Crippen LogP contribution in [0.2, 0.25) is 0 Å². The average Bonchev–Trinajstić information content (AvgIpc) is 3.19. The van der Waals surface area contributed by atoms with Crippen molar-refractivity contribution >= 4 is 17.2 Å². The number of furan rings is 1. The van der Waals surface area contributed by atoms with Crippen LogP contribution in [-0.4, -0.2) is 27.2 Å². The van der Waals surface area contributed by atoms with Crippen molar-refractivity contribution in [3.63, 3.8) is 0 Å². The van der Waals surface area contributed by atoms with Crippen LogP contribution in [0, 0.1) is 0 Å². The van der Waals surface area contributed by atoms with Gasteiger partial charge in [0.25, 0.3) is 5.91 Å². The number of carbonyl (C=O) groups excluding carboxylic acids is 1. The summed E-state index contributed by atoms with van der Waals surface area (Å²) in [6.45, 7) is 0.553. The van der Waals surface area contributed by atoms with Crippen LogP contribution in [-0.2, 0) is 13.5 Å². The first-order valence-electron chi connectivity index (χ1n) is 6.47. The molecule has 21 heavy (non-hydrogen) atoms. The van der Waals surface area contributed by atoms with Gasteiger partial charge in [-0.2, -0.15) is 5.10 Å². The molecule has 0 aliphatic rings. The molecule has 1 N–H and O–H groups in total. The standard InChI is InChI=1S/C14H14N4O2S/c1-18-11(3-6-16-18)2-5-15-13(19)12-9-21-14(17-12)10-4-7-20-8-10/h3-4,6-9H,2,5H2,1H3,(H,15,19). The maximum absolute atomic E-state index is 12.0. The number of nitrogens with one attached hydrogen (secondary N) is 1. The predicted octanol–water partition coefficient (Wildman–Crippen LogP) is 2.11. The van der Waals surface area contributed by atoms with Gasteiger partial charge >= 0.3 is 0 Å². The zero-order valence-electron chi connectivity index (χ0n) is 11.4. The molecule has 0 aromatic carbocycles. The lowest BCUT2D eigenvalue weighted by Crippen LogP contribution is -2.26. The smallest absolute Gasteiger partial charge is 0.270 e. The van der Waals surface area contributed by atoms with Crippen LogP contribution in [0.15, 0.2) is 40.7 Å². The number of carbonyl (C=O) groups is 1. The van der Waals surface area contributed by atoms with Crippen molar-refractivity contribution in [2.75, 3.05) is 6.54 Å². The van der Waals surface area contributed by atoms with Crippen LogP contribution in [0.25, 0.3) is 10.6 Å². The second kappa shape index (κ2) is 5.92. The van der Waals surface area contributed by atoms with Crippen molar-refractivity contribution < 1.29 is 9.21 Å². The Labute approximate surface area is 125 Å². The van der Waals surface area contributed by atoms with Crippen molar-refractivity contribution in [3.8, 4) is 10.6 Å². The SMILES string of the molecule is Cn1nccc1CCNC(=O)c1csc(-c2ccoc2)n1. The fraction of sp³-hybridized carbons (Fsp3) is 0.214. The lowest BCUT2D eigenvalue weighted by Gasteiger charge is -2.03. The minimum Gasteiger partial charge on any atom is -0.472 e. The molecule has 0 unspecified atom stereocenters. The molecule has 0 spiro atoms. The number of aromatic nitrogens is 3. The Hall–Kier alpha value is -2.41. The number of nitrogens with zero attached hydrogens (tertiary/aromatic N) is 3. The first kappa shape index (κ1) is 13.6. The minimum atomic E-state index is -0.164. The third-order valence-corrected chi connectivity index (χ3v) is 3.99. The monoisotopic (exact) mass is 302 g/mol. The van der Waals surface area contributed by atoms with Crippen molar-refractivity contribution in [2.45, 2.75) is 6.42 Å². The van der Waals surface area contributed by atoms with Crippen molar-refractivity contribution in [1.29, 1.82) is 0 Å². The molecule has 0 saturated carbocycles. The second-order valence-corrected chi connectivity index (χ2v) is 5.36. The normalized spacial score (nSPS) is 10.7. The summed E-state index contributed by atoms with van der Waals surface area (Å²) >= 11 is 1.42. The van der Waals surface area contributed by atoms with Crippen molar-refractivity contribution in [3.05, 3.63) is 47.6 Å². The molecule has 0 radical (unpaired) electrons. The zero-order valence-corrected chi connectivity index (χ0v) is 12.3. The summed E-state index contributed by atoms with van der Waals surface area (Å²) in [4.78, 5) is 16.3. The van der Waals surface area contributed by atoms with Gasteiger partial charge in [-0.05, 0) is 12.1 Å². The van der Waals surface area contributed by atoms with Gasteiger partial charge in [-0.15, -0.1) is 11.3 Å². The highest BCUT2D eigenvalue weighted by Gasteiger charge is 2.12. The van der Waals surface area contributed by atoms with Crippen LogP contribution >= 0.6 is 11.3 Å². The van der Waals surface area contributed by atoms with Crippen LogP contribution in [0.5, 0.6) is 0 Å². The van der Waals surface area contributed by atoms with Gasteiger partial charge < -0.3 is 9.73 Å². The predicted molar refractivity (Wildman–Crippen MR) is 79.1 cm³/mol. The summed E-state index contributed by atoms with van der Waals surface area (Å²) in [7, 11) is 1.88. The van der Waals surface area contributed by atoms with E-state index in [1.165, 1.54) is 11.3 Å². The molecule has 3 rings (SSSR count). The lowest BCUT2D eigenvalue weighted by molar-refractivity contribution is 0.0949. The molecule has 3 heterocycles. The van der Waals surface area contributed by atoms with E-state index < -0.39 is 0 Å². The largest absolute Gasteiger partial charge is 0.472 e. The van der Waals surface area contributed by atoms with E-state index in [0.717, 1.165) is 22.7 Å². The zero-order chi connectivity index (χ0) is 14.7. The third kappa shape index (κ3) is 3.03. The first-order chi connectivity index (χ1) is 10.2. The fourth-order valence-corrected chi connectivity index (χ4v) is 2.72. The molecule has 0 aliphatic carbocycles. The molecular formula is C14H14N4O2S. The van der Waals surface area contributed by atoms with E-state index >= 15 is 0 Å². The van der Waals surface area contributed by atoms with Crippen LogP contribution in [0.3, 0.4) is 0 Å².